The van der Waals surface area contributed by atoms with Gasteiger partial charge in [-0.3, -0.25) is 4.79 Å². The van der Waals surface area contributed by atoms with Crippen molar-refractivity contribution in [1.29, 1.82) is 0 Å². The van der Waals surface area contributed by atoms with Gasteiger partial charge >= 0.3 is 0 Å². The summed E-state index contributed by atoms with van der Waals surface area (Å²) in [5, 5.41) is 3.18. The van der Waals surface area contributed by atoms with Gasteiger partial charge in [0.1, 0.15) is 0 Å². The van der Waals surface area contributed by atoms with Crippen LogP contribution in [-0.4, -0.2) is 51.6 Å². The van der Waals surface area contributed by atoms with Crippen LogP contribution in [0, 0.1) is 5.92 Å². The largest absolute Gasteiger partial charge is 0.493 e. The number of rotatable bonds is 9. The van der Waals surface area contributed by atoms with Gasteiger partial charge in [0, 0.05) is 24.9 Å². The van der Waals surface area contributed by atoms with Crippen molar-refractivity contribution < 1.29 is 14.3 Å². The maximum absolute atomic E-state index is 12.6. The lowest BCUT2D eigenvalue weighted by Crippen LogP contribution is -2.31. The van der Waals surface area contributed by atoms with Crippen molar-refractivity contribution in [2.75, 3.05) is 40.9 Å². The highest BCUT2D eigenvalue weighted by Crippen LogP contribution is 2.42. The predicted molar refractivity (Wildman–Crippen MR) is 117 cm³/mol. The van der Waals surface area contributed by atoms with Gasteiger partial charge in [-0.25, -0.2) is 0 Å². The Kier molecular flexibility index (Phi) is 7.01. The summed E-state index contributed by atoms with van der Waals surface area (Å²) in [7, 11) is 5.54. The lowest BCUT2D eigenvalue weighted by Gasteiger charge is -2.31. The van der Waals surface area contributed by atoms with Crippen molar-refractivity contribution in [2.24, 2.45) is 5.92 Å². The Morgan fingerprint density at radius 2 is 2.07 bits per heavy atom. The summed E-state index contributed by atoms with van der Waals surface area (Å²) in [5.74, 6) is 2.11. The fourth-order valence-corrected chi connectivity index (χ4v) is 4.53. The number of allylic oxidation sites excluding steroid dienone is 3. The summed E-state index contributed by atoms with van der Waals surface area (Å²) in [6.45, 7) is 5.05. The molecule has 1 aromatic rings. The third kappa shape index (κ3) is 5.02. The standard InChI is InChI=1S/C24H34N2O3/c1-18(15-21(27)20-7-5-6-13-25-20)10-11-24(12-14-26(2)17-24)19-8-9-22(28-3)23(16-19)29-4/h5-9,16,18,25H,10-15,17H2,1-4H3/t18-,24+/m0/s1. The molecule has 1 aromatic carbocycles. The first-order valence-corrected chi connectivity index (χ1v) is 10.5. The third-order valence-electron chi connectivity index (χ3n) is 6.30. The number of carbonyl (C=O) groups excluding carboxylic acids is 1. The number of hydrogen-bond acceptors (Lipinski definition) is 5. The topological polar surface area (TPSA) is 50.8 Å². The number of carbonyl (C=O) groups is 1. The Hall–Kier alpha value is -2.27. The summed E-state index contributed by atoms with van der Waals surface area (Å²) >= 11 is 0. The molecule has 0 aliphatic carbocycles. The number of dihydropyridines is 1. The van der Waals surface area contributed by atoms with Crippen molar-refractivity contribution in [3.05, 3.63) is 47.7 Å². The van der Waals surface area contributed by atoms with Crippen molar-refractivity contribution >= 4 is 5.78 Å². The molecule has 0 unspecified atom stereocenters. The minimum Gasteiger partial charge on any atom is -0.493 e. The maximum atomic E-state index is 12.6. The molecule has 1 fully saturated rings. The lowest BCUT2D eigenvalue weighted by molar-refractivity contribution is -0.116. The van der Waals surface area contributed by atoms with Gasteiger partial charge in [-0.1, -0.05) is 25.1 Å². The minimum absolute atomic E-state index is 0.0940. The molecule has 5 nitrogen and oxygen atoms in total. The van der Waals surface area contributed by atoms with Crippen LogP contribution >= 0.6 is 0 Å². The van der Waals surface area contributed by atoms with Crippen LogP contribution in [0.2, 0.25) is 0 Å². The molecule has 2 aliphatic heterocycles. The van der Waals surface area contributed by atoms with Gasteiger partial charge in [0.2, 0.25) is 0 Å². The van der Waals surface area contributed by atoms with Gasteiger partial charge in [-0.2, -0.15) is 0 Å². The monoisotopic (exact) mass is 398 g/mol. The maximum Gasteiger partial charge on any atom is 0.178 e. The second-order valence-electron chi connectivity index (χ2n) is 8.50. The van der Waals surface area contributed by atoms with Crippen LogP contribution < -0.4 is 14.8 Å². The number of hydrogen-bond donors (Lipinski definition) is 1. The number of nitrogens with zero attached hydrogens (tertiary/aromatic N) is 1. The molecule has 29 heavy (non-hydrogen) atoms. The lowest BCUT2D eigenvalue weighted by atomic mass is 9.74. The molecule has 2 atom stereocenters. The summed E-state index contributed by atoms with van der Waals surface area (Å²) in [4.78, 5) is 15.0. The molecule has 158 valence electrons. The molecule has 0 amide bonds. The zero-order valence-corrected chi connectivity index (χ0v) is 18.2. The van der Waals surface area contributed by atoms with E-state index in [1.807, 2.05) is 24.3 Å². The molecule has 5 heteroatoms. The van der Waals surface area contributed by atoms with Gasteiger partial charge in [-0.05, 0) is 62.5 Å². The molecule has 1 saturated heterocycles. The quantitative estimate of drug-likeness (QED) is 0.687. The average Bonchev–Trinajstić information content (AvgIpc) is 3.14. The van der Waals surface area contributed by atoms with Crippen molar-refractivity contribution in [2.45, 2.75) is 38.0 Å². The van der Waals surface area contributed by atoms with Gasteiger partial charge in [0.15, 0.2) is 17.3 Å². The van der Waals surface area contributed by atoms with Crippen molar-refractivity contribution in [1.82, 2.24) is 10.2 Å². The molecule has 0 aromatic heterocycles. The fraction of sp³-hybridized carbons (Fsp3) is 0.542. The van der Waals surface area contributed by atoms with E-state index in [0.717, 1.165) is 56.1 Å². The SMILES string of the molecule is COc1ccc([C@]2(CC[C@H](C)CC(=O)C3=CC=CCN3)CCN(C)C2)cc1OC. The molecule has 2 heterocycles. The van der Waals surface area contributed by atoms with Gasteiger partial charge in [-0.15, -0.1) is 0 Å². The van der Waals surface area contributed by atoms with Crippen LogP contribution in [0.4, 0.5) is 0 Å². The number of methoxy groups -OCH3 is 2. The van der Waals surface area contributed by atoms with E-state index in [-0.39, 0.29) is 11.2 Å². The molecule has 0 radical (unpaired) electrons. The van der Waals surface area contributed by atoms with Crippen LogP contribution in [0.25, 0.3) is 0 Å². The summed E-state index contributed by atoms with van der Waals surface area (Å²) in [6.07, 6.45) is 9.65. The van der Waals surface area contributed by atoms with E-state index in [1.165, 1.54) is 5.56 Å². The number of ketones is 1. The third-order valence-corrected chi connectivity index (χ3v) is 6.30. The summed E-state index contributed by atoms with van der Waals surface area (Å²) in [6, 6.07) is 6.33. The van der Waals surface area contributed by atoms with E-state index < -0.39 is 0 Å². The van der Waals surface area contributed by atoms with Crippen LogP contribution in [0.3, 0.4) is 0 Å². The number of nitrogens with one attached hydrogen (secondary N) is 1. The van der Waals surface area contributed by atoms with Crippen molar-refractivity contribution in [3.8, 4) is 11.5 Å². The van der Waals surface area contributed by atoms with E-state index in [9.17, 15) is 4.79 Å². The second kappa shape index (κ2) is 9.49. The number of likely N-dealkylation sites (tertiary alicyclic amines) is 1. The summed E-state index contributed by atoms with van der Waals surface area (Å²) in [5.41, 5.74) is 2.14. The van der Waals surface area contributed by atoms with E-state index in [2.05, 4.69) is 36.3 Å². The Balaban J connectivity index is 1.70. The summed E-state index contributed by atoms with van der Waals surface area (Å²) < 4.78 is 11.0. The van der Waals surface area contributed by atoms with E-state index in [0.29, 0.717) is 12.3 Å². The Morgan fingerprint density at radius 3 is 2.69 bits per heavy atom. The zero-order valence-electron chi connectivity index (χ0n) is 18.2. The van der Waals surface area contributed by atoms with E-state index >= 15 is 0 Å². The highest BCUT2D eigenvalue weighted by atomic mass is 16.5. The van der Waals surface area contributed by atoms with E-state index in [4.69, 9.17) is 9.47 Å². The van der Waals surface area contributed by atoms with Crippen LogP contribution in [0.5, 0.6) is 11.5 Å². The highest BCUT2D eigenvalue weighted by molar-refractivity contribution is 5.95. The minimum atomic E-state index is 0.0940. The van der Waals surface area contributed by atoms with Crippen LogP contribution in [0.1, 0.15) is 38.2 Å². The molecular weight excluding hydrogens is 364 g/mol. The molecule has 0 saturated carbocycles. The fourth-order valence-electron chi connectivity index (χ4n) is 4.53. The van der Waals surface area contributed by atoms with Crippen LogP contribution in [-0.2, 0) is 10.2 Å². The second-order valence-corrected chi connectivity index (χ2v) is 8.50. The van der Waals surface area contributed by atoms with Crippen molar-refractivity contribution in [3.63, 3.8) is 0 Å². The molecule has 2 aliphatic rings. The van der Waals surface area contributed by atoms with Gasteiger partial charge in [0.05, 0.1) is 19.9 Å². The molecular formula is C24H34N2O3. The Labute approximate surface area is 174 Å². The smallest absolute Gasteiger partial charge is 0.178 e. The molecule has 0 spiro atoms. The number of Topliss-reactive ketones (excluding diaryl/α,β-unsaturated/α-hetero) is 1. The number of likely N-dealkylation sites (N-methyl/N-ethyl adjacent to an activating group) is 1. The zero-order chi connectivity index (χ0) is 20.9. The molecule has 3 rings (SSSR count). The van der Waals surface area contributed by atoms with E-state index in [1.54, 1.807) is 14.2 Å². The predicted octanol–water partition coefficient (Wildman–Crippen LogP) is 3.70. The first-order valence-electron chi connectivity index (χ1n) is 10.5. The highest BCUT2D eigenvalue weighted by Gasteiger charge is 2.38. The molecule has 1 N–H and O–H groups in total. The Morgan fingerprint density at radius 1 is 1.28 bits per heavy atom. The van der Waals surface area contributed by atoms with Crippen LogP contribution in [0.15, 0.2) is 42.1 Å². The van der Waals surface area contributed by atoms with Gasteiger partial charge < -0.3 is 19.7 Å². The normalized spacial score (nSPS) is 22.7. The first kappa shape index (κ1) is 21.4. The average molecular weight is 399 g/mol. The molecule has 0 bridgehead atoms. The van der Waals surface area contributed by atoms with Gasteiger partial charge in [0.25, 0.3) is 0 Å². The first-order chi connectivity index (χ1) is 14.0. The number of ether oxygens (including phenoxy) is 2. The number of benzene rings is 1. The Bertz CT molecular complexity index is 786.